The maximum absolute atomic E-state index is 12.5. The minimum absolute atomic E-state index is 0.262. The first-order valence-electron chi connectivity index (χ1n) is 8.37. The number of hydrogen-bond acceptors (Lipinski definition) is 2. The van der Waals surface area contributed by atoms with Crippen LogP contribution in [0.2, 0.25) is 10.0 Å². The number of nitrogens with zero attached hydrogens (tertiary/aromatic N) is 2. The van der Waals surface area contributed by atoms with Gasteiger partial charge in [0.25, 0.3) is 5.91 Å². The molecule has 0 fully saturated rings. The van der Waals surface area contributed by atoms with Crippen LogP contribution in [0.15, 0.2) is 36.4 Å². The van der Waals surface area contributed by atoms with Crippen LogP contribution in [0.5, 0.6) is 0 Å². The number of carbonyl (C=O) groups is 1. The lowest BCUT2D eigenvalue weighted by atomic mass is 10.2. The number of halogens is 2. The second-order valence-corrected chi connectivity index (χ2v) is 7.12. The van der Waals surface area contributed by atoms with Gasteiger partial charge in [-0.3, -0.25) is 4.79 Å². The number of aryl methyl sites for hydroxylation is 2. The van der Waals surface area contributed by atoms with E-state index in [-0.39, 0.29) is 5.91 Å². The molecule has 1 aliphatic rings. The maximum Gasteiger partial charge on any atom is 0.257 e. The van der Waals surface area contributed by atoms with Crippen LogP contribution in [-0.4, -0.2) is 15.5 Å². The Morgan fingerprint density at radius 1 is 1.08 bits per heavy atom. The summed E-state index contributed by atoms with van der Waals surface area (Å²) in [7, 11) is 0. The SMILES string of the molecule is O=C(Nc1ccc2c(c1)nc1n2CCCCC1)c1ccc(Cl)cc1Cl. The Labute approximate surface area is 155 Å². The van der Waals surface area contributed by atoms with E-state index in [1.807, 2.05) is 18.2 Å². The molecule has 128 valence electrons. The Bertz CT molecular complexity index is 965. The average molecular weight is 374 g/mol. The van der Waals surface area contributed by atoms with E-state index in [9.17, 15) is 4.79 Å². The van der Waals surface area contributed by atoms with Gasteiger partial charge in [0.2, 0.25) is 0 Å². The number of imidazole rings is 1. The van der Waals surface area contributed by atoms with Crippen molar-refractivity contribution in [3.05, 3.63) is 57.8 Å². The van der Waals surface area contributed by atoms with Crippen LogP contribution in [0.4, 0.5) is 5.69 Å². The number of nitrogens with one attached hydrogen (secondary N) is 1. The Balaban J connectivity index is 1.62. The smallest absolute Gasteiger partial charge is 0.257 e. The van der Waals surface area contributed by atoms with Crippen LogP contribution in [0.25, 0.3) is 11.0 Å². The van der Waals surface area contributed by atoms with Crippen molar-refractivity contribution in [1.29, 1.82) is 0 Å². The van der Waals surface area contributed by atoms with Gasteiger partial charge in [-0.25, -0.2) is 4.98 Å². The molecule has 0 saturated heterocycles. The summed E-state index contributed by atoms with van der Waals surface area (Å²) in [5.41, 5.74) is 3.14. The van der Waals surface area contributed by atoms with E-state index in [0.29, 0.717) is 21.3 Å². The van der Waals surface area contributed by atoms with Gasteiger partial charge in [0, 0.05) is 23.7 Å². The summed E-state index contributed by atoms with van der Waals surface area (Å²) in [5.74, 6) is 0.874. The molecular weight excluding hydrogens is 357 g/mol. The molecule has 25 heavy (non-hydrogen) atoms. The number of hydrogen-bond donors (Lipinski definition) is 1. The van der Waals surface area contributed by atoms with Crippen LogP contribution >= 0.6 is 23.2 Å². The van der Waals surface area contributed by atoms with Crippen molar-refractivity contribution in [2.75, 3.05) is 5.32 Å². The van der Waals surface area contributed by atoms with Gasteiger partial charge >= 0.3 is 0 Å². The van der Waals surface area contributed by atoms with E-state index in [1.54, 1.807) is 18.2 Å². The molecule has 1 amide bonds. The summed E-state index contributed by atoms with van der Waals surface area (Å²) in [6.07, 6.45) is 4.63. The second kappa shape index (κ2) is 6.70. The standard InChI is InChI=1S/C19H17Cl2N3O/c20-12-5-7-14(15(21)10-12)19(25)22-13-6-8-17-16(11-13)23-18-4-2-1-3-9-24(17)18/h5-8,10-11H,1-4,9H2,(H,22,25). The van der Waals surface area contributed by atoms with Gasteiger partial charge in [-0.1, -0.05) is 29.6 Å². The molecular formula is C19H17Cl2N3O. The molecule has 0 radical (unpaired) electrons. The minimum atomic E-state index is -0.262. The quantitative estimate of drug-likeness (QED) is 0.660. The summed E-state index contributed by atoms with van der Waals surface area (Å²) >= 11 is 12.0. The normalized spacial score (nSPS) is 14.2. The molecule has 4 rings (SSSR count). The van der Waals surface area contributed by atoms with Gasteiger partial charge in [-0.05, 0) is 49.2 Å². The molecule has 6 heteroatoms. The molecule has 0 aliphatic carbocycles. The van der Waals surface area contributed by atoms with Gasteiger partial charge < -0.3 is 9.88 Å². The van der Waals surface area contributed by atoms with Crippen LogP contribution in [0, 0.1) is 0 Å². The van der Waals surface area contributed by atoms with Crippen LogP contribution in [0.3, 0.4) is 0 Å². The largest absolute Gasteiger partial charge is 0.328 e. The van der Waals surface area contributed by atoms with E-state index in [1.165, 1.54) is 19.3 Å². The van der Waals surface area contributed by atoms with E-state index in [2.05, 4.69) is 9.88 Å². The Morgan fingerprint density at radius 2 is 1.96 bits per heavy atom. The lowest BCUT2D eigenvalue weighted by molar-refractivity contribution is 0.102. The third-order valence-electron chi connectivity index (χ3n) is 4.54. The van der Waals surface area contributed by atoms with Crippen molar-refractivity contribution < 1.29 is 4.79 Å². The van der Waals surface area contributed by atoms with Crippen LogP contribution in [0.1, 0.15) is 35.4 Å². The summed E-state index contributed by atoms with van der Waals surface area (Å²) in [6, 6.07) is 10.7. The zero-order valence-corrected chi connectivity index (χ0v) is 15.1. The monoisotopic (exact) mass is 373 g/mol. The number of rotatable bonds is 2. The molecule has 1 N–H and O–H groups in total. The maximum atomic E-state index is 12.5. The highest BCUT2D eigenvalue weighted by molar-refractivity contribution is 6.37. The molecule has 4 nitrogen and oxygen atoms in total. The topological polar surface area (TPSA) is 46.9 Å². The minimum Gasteiger partial charge on any atom is -0.328 e. The molecule has 1 aromatic heterocycles. The zero-order valence-electron chi connectivity index (χ0n) is 13.6. The number of fused-ring (bicyclic) bond motifs is 3. The first-order chi connectivity index (χ1) is 12.1. The summed E-state index contributed by atoms with van der Waals surface area (Å²) in [5, 5.41) is 3.72. The molecule has 1 aliphatic heterocycles. The van der Waals surface area contributed by atoms with Crippen molar-refractivity contribution in [2.45, 2.75) is 32.2 Å². The molecule has 0 unspecified atom stereocenters. The number of carbonyl (C=O) groups excluding carboxylic acids is 1. The van der Waals surface area contributed by atoms with E-state index in [4.69, 9.17) is 28.2 Å². The Morgan fingerprint density at radius 3 is 2.80 bits per heavy atom. The Kier molecular flexibility index (Phi) is 4.40. The van der Waals surface area contributed by atoms with Gasteiger partial charge in [0.15, 0.2) is 0 Å². The van der Waals surface area contributed by atoms with E-state index < -0.39 is 0 Å². The highest BCUT2D eigenvalue weighted by Crippen LogP contribution is 2.26. The fraction of sp³-hybridized carbons (Fsp3) is 0.263. The summed E-state index contributed by atoms with van der Waals surface area (Å²) in [4.78, 5) is 17.2. The first kappa shape index (κ1) is 16.4. The predicted molar refractivity (Wildman–Crippen MR) is 102 cm³/mol. The number of aromatic nitrogens is 2. The molecule has 0 bridgehead atoms. The summed E-state index contributed by atoms with van der Waals surface area (Å²) in [6.45, 7) is 1.01. The Hall–Kier alpha value is -2.04. The lowest BCUT2D eigenvalue weighted by Crippen LogP contribution is -2.12. The number of anilines is 1. The van der Waals surface area contributed by atoms with E-state index in [0.717, 1.165) is 29.8 Å². The third-order valence-corrected chi connectivity index (χ3v) is 5.09. The molecule has 0 spiro atoms. The fourth-order valence-electron chi connectivity index (χ4n) is 3.30. The van der Waals surface area contributed by atoms with Crippen molar-refractivity contribution in [3.63, 3.8) is 0 Å². The summed E-state index contributed by atoms with van der Waals surface area (Å²) < 4.78 is 2.30. The highest BCUT2D eigenvalue weighted by Gasteiger charge is 2.15. The van der Waals surface area contributed by atoms with E-state index >= 15 is 0 Å². The van der Waals surface area contributed by atoms with Gasteiger partial charge in [-0.2, -0.15) is 0 Å². The zero-order chi connectivity index (χ0) is 17.4. The van der Waals surface area contributed by atoms with Crippen molar-refractivity contribution >= 4 is 45.8 Å². The lowest BCUT2D eigenvalue weighted by Gasteiger charge is -2.08. The van der Waals surface area contributed by atoms with Crippen LogP contribution in [-0.2, 0) is 13.0 Å². The van der Waals surface area contributed by atoms with Gasteiger partial charge in [0.05, 0.1) is 21.6 Å². The first-order valence-corrected chi connectivity index (χ1v) is 9.13. The van der Waals surface area contributed by atoms with Gasteiger partial charge in [-0.15, -0.1) is 0 Å². The van der Waals surface area contributed by atoms with Crippen LogP contribution < -0.4 is 5.32 Å². The number of amides is 1. The van der Waals surface area contributed by atoms with Gasteiger partial charge in [0.1, 0.15) is 5.82 Å². The van der Waals surface area contributed by atoms with Crippen molar-refractivity contribution in [3.8, 4) is 0 Å². The number of benzene rings is 2. The van der Waals surface area contributed by atoms with Crippen molar-refractivity contribution in [1.82, 2.24) is 9.55 Å². The molecule has 3 aromatic rings. The molecule has 0 saturated carbocycles. The molecule has 0 atom stereocenters. The highest BCUT2D eigenvalue weighted by atomic mass is 35.5. The average Bonchev–Trinajstić information content (AvgIpc) is 2.75. The fourth-order valence-corrected chi connectivity index (χ4v) is 3.79. The third kappa shape index (κ3) is 3.24. The second-order valence-electron chi connectivity index (χ2n) is 6.27. The molecule has 2 heterocycles. The van der Waals surface area contributed by atoms with Crippen molar-refractivity contribution in [2.24, 2.45) is 0 Å². The molecule has 2 aromatic carbocycles. The predicted octanol–water partition coefficient (Wildman–Crippen LogP) is 5.32.